The summed E-state index contributed by atoms with van der Waals surface area (Å²) < 4.78 is 5.49. The van der Waals surface area contributed by atoms with E-state index in [-0.39, 0.29) is 17.4 Å². The standard InChI is InChI=1S/C19H15N3O4S/c23-18(12-26-17-10-5-13-3-1-2-4-14(13)11-17)21-19(27)20-15-6-8-16(9-7-15)22(24)25/h1-11H,12H2,(H2,20,21,23,27). The minimum atomic E-state index is -0.492. The number of anilines is 1. The van der Waals surface area contributed by atoms with Gasteiger partial charge in [-0.25, -0.2) is 0 Å². The summed E-state index contributed by atoms with van der Waals surface area (Å²) >= 11 is 5.06. The lowest BCUT2D eigenvalue weighted by Gasteiger charge is -2.10. The fourth-order valence-corrected chi connectivity index (χ4v) is 2.63. The van der Waals surface area contributed by atoms with E-state index >= 15 is 0 Å². The fourth-order valence-electron chi connectivity index (χ4n) is 2.40. The van der Waals surface area contributed by atoms with E-state index in [9.17, 15) is 14.9 Å². The van der Waals surface area contributed by atoms with Gasteiger partial charge in [0, 0.05) is 17.8 Å². The van der Waals surface area contributed by atoms with Crippen molar-refractivity contribution in [1.82, 2.24) is 5.32 Å². The first-order valence-electron chi connectivity index (χ1n) is 7.98. The number of carbonyl (C=O) groups excluding carboxylic acids is 1. The summed E-state index contributed by atoms with van der Waals surface area (Å²) in [6.45, 7) is -0.194. The summed E-state index contributed by atoms with van der Waals surface area (Å²) in [6, 6.07) is 19.1. The lowest BCUT2D eigenvalue weighted by atomic mass is 10.1. The summed E-state index contributed by atoms with van der Waals surface area (Å²) in [5.74, 6) is 0.167. The molecule has 0 aromatic heterocycles. The summed E-state index contributed by atoms with van der Waals surface area (Å²) in [5.41, 5.74) is 0.501. The van der Waals surface area contributed by atoms with Crippen LogP contribution in [-0.2, 0) is 4.79 Å². The lowest BCUT2D eigenvalue weighted by Crippen LogP contribution is -2.37. The van der Waals surface area contributed by atoms with Crippen LogP contribution in [0.3, 0.4) is 0 Å². The summed E-state index contributed by atoms with van der Waals surface area (Å²) in [6.07, 6.45) is 0. The largest absolute Gasteiger partial charge is 0.484 e. The second kappa shape index (κ2) is 8.24. The molecule has 0 unspecified atom stereocenters. The molecule has 2 N–H and O–H groups in total. The molecule has 0 spiro atoms. The molecule has 3 aromatic rings. The molecular weight excluding hydrogens is 366 g/mol. The van der Waals surface area contributed by atoms with Gasteiger partial charge in [-0.3, -0.25) is 20.2 Å². The van der Waals surface area contributed by atoms with Gasteiger partial charge in [-0.2, -0.15) is 0 Å². The molecule has 27 heavy (non-hydrogen) atoms. The number of hydrogen-bond acceptors (Lipinski definition) is 5. The number of hydrogen-bond donors (Lipinski definition) is 2. The van der Waals surface area contributed by atoms with E-state index in [1.165, 1.54) is 24.3 Å². The normalized spacial score (nSPS) is 10.2. The van der Waals surface area contributed by atoms with E-state index in [1.54, 1.807) is 6.07 Å². The molecule has 7 nitrogen and oxygen atoms in total. The molecule has 3 rings (SSSR count). The van der Waals surface area contributed by atoms with Crippen LogP contribution in [0.5, 0.6) is 5.75 Å². The van der Waals surface area contributed by atoms with Crippen LogP contribution in [0.15, 0.2) is 66.7 Å². The fraction of sp³-hybridized carbons (Fsp3) is 0.0526. The molecule has 3 aromatic carbocycles. The summed E-state index contributed by atoms with van der Waals surface area (Å²) in [4.78, 5) is 22.1. The van der Waals surface area contributed by atoms with Gasteiger partial charge < -0.3 is 10.1 Å². The first-order valence-corrected chi connectivity index (χ1v) is 8.39. The Labute approximate surface area is 160 Å². The molecule has 0 aliphatic rings. The number of nitrogens with one attached hydrogen (secondary N) is 2. The van der Waals surface area contributed by atoms with Gasteiger partial charge in [0.15, 0.2) is 11.7 Å². The predicted molar refractivity (Wildman–Crippen MR) is 107 cm³/mol. The number of thiocarbonyl (C=S) groups is 1. The average Bonchev–Trinajstić information content (AvgIpc) is 2.66. The van der Waals surface area contributed by atoms with Gasteiger partial charge in [-0.05, 0) is 47.3 Å². The molecule has 136 valence electrons. The van der Waals surface area contributed by atoms with Gasteiger partial charge in [0.25, 0.3) is 11.6 Å². The average molecular weight is 381 g/mol. The van der Waals surface area contributed by atoms with E-state index < -0.39 is 10.8 Å². The highest BCUT2D eigenvalue weighted by molar-refractivity contribution is 7.80. The quantitative estimate of drug-likeness (QED) is 0.398. The highest BCUT2D eigenvalue weighted by Gasteiger charge is 2.08. The molecule has 0 fully saturated rings. The molecular formula is C19H15N3O4S. The van der Waals surface area contributed by atoms with Crippen molar-refractivity contribution in [2.45, 2.75) is 0 Å². The summed E-state index contributed by atoms with van der Waals surface area (Å²) in [7, 11) is 0. The molecule has 0 heterocycles. The first kappa shape index (κ1) is 18.3. The van der Waals surface area contributed by atoms with E-state index in [2.05, 4.69) is 10.6 Å². The van der Waals surface area contributed by atoms with Crippen LogP contribution in [0.2, 0.25) is 0 Å². The van der Waals surface area contributed by atoms with Gasteiger partial charge in [0.05, 0.1) is 4.92 Å². The minimum absolute atomic E-state index is 0.0284. The maximum atomic E-state index is 12.0. The Morgan fingerprint density at radius 3 is 2.44 bits per heavy atom. The van der Waals surface area contributed by atoms with Crippen molar-refractivity contribution in [3.8, 4) is 5.75 Å². The zero-order chi connectivity index (χ0) is 19.2. The SMILES string of the molecule is O=C(COc1ccc2ccccc2c1)NC(=S)Nc1ccc([N+](=O)[O-])cc1. The smallest absolute Gasteiger partial charge is 0.269 e. The van der Waals surface area contributed by atoms with Crippen molar-refractivity contribution in [2.75, 3.05) is 11.9 Å². The number of nitrogens with zero attached hydrogens (tertiary/aromatic N) is 1. The Kier molecular flexibility index (Phi) is 5.58. The molecule has 0 radical (unpaired) electrons. The van der Waals surface area contributed by atoms with Crippen LogP contribution in [0, 0.1) is 10.1 Å². The minimum Gasteiger partial charge on any atom is -0.484 e. The lowest BCUT2D eigenvalue weighted by molar-refractivity contribution is -0.384. The van der Waals surface area contributed by atoms with Gasteiger partial charge >= 0.3 is 0 Å². The molecule has 0 aliphatic carbocycles. The Hall–Kier alpha value is -3.52. The number of ether oxygens (including phenoxy) is 1. The van der Waals surface area contributed by atoms with Crippen molar-refractivity contribution in [2.24, 2.45) is 0 Å². The van der Waals surface area contributed by atoms with Crippen molar-refractivity contribution in [1.29, 1.82) is 0 Å². The van der Waals surface area contributed by atoms with Gasteiger partial charge in [-0.1, -0.05) is 30.3 Å². The highest BCUT2D eigenvalue weighted by atomic mass is 32.1. The molecule has 0 aliphatic heterocycles. The van der Waals surface area contributed by atoms with Crippen LogP contribution in [-0.4, -0.2) is 22.5 Å². The van der Waals surface area contributed by atoms with E-state index in [4.69, 9.17) is 17.0 Å². The van der Waals surface area contributed by atoms with Crippen molar-refractivity contribution >= 4 is 45.4 Å². The molecule has 0 saturated carbocycles. The zero-order valence-corrected chi connectivity index (χ0v) is 14.9. The summed E-state index contributed by atoms with van der Waals surface area (Å²) in [5, 5.41) is 18.1. The van der Waals surface area contributed by atoms with Crippen LogP contribution < -0.4 is 15.4 Å². The number of fused-ring (bicyclic) bond motifs is 1. The molecule has 0 bridgehead atoms. The van der Waals surface area contributed by atoms with Crippen LogP contribution in [0.4, 0.5) is 11.4 Å². The second-order valence-corrected chi connectivity index (χ2v) is 6.01. The zero-order valence-electron chi connectivity index (χ0n) is 14.0. The maximum absolute atomic E-state index is 12.0. The number of carbonyl (C=O) groups is 1. The van der Waals surface area contributed by atoms with E-state index in [1.807, 2.05) is 36.4 Å². The Bertz CT molecular complexity index is 1010. The second-order valence-electron chi connectivity index (χ2n) is 5.60. The number of rotatable bonds is 5. The number of amides is 1. The third-order valence-corrected chi connectivity index (χ3v) is 3.88. The van der Waals surface area contributed by atoms with Crippen molar-refractivity contribution < 1.29 is 14.5 Å². The van der Waals surface area contributed by atoms with Gasteiger partial charge in [0.2, 0.25) is 0 Å². The highest BCUT2D eigenvalue weighted by Crippen LogP contribution is 2.20. The third-order valence-electron chi connectivity index (χ3n) is 3.68. The van der Waals surface area contributed by atoms with Crippen LogP contribution in [0.1, 0.15) is 0 Å². The van der Waals surface area contributed by atoms with E-state index in [0.29, 0.717) is 11.4 Å². The van der Waals surface area contributed by atoms with E-state index in [0.717, 1.165) is 10.8 Å². The number of nitro groups is 1. The molecule has 0 atom stereocenters. The number of benzene rings is 3. The maximum Gasteiger partial charge on any atom is 0.269 e. The third kappa shape index (κ3) is 4.99. The van der Waals surface area contributed by atoms with Crippen LogP contribution >= 0.6 is 12.2 Å². The molecule has 1 amide bonds. The van der Waals surface area contributed by atoms with Gasteiger partial charge in [0.1, 0.15) is 5.75 Å². The first-order chi connectivity index (χ1) is 13.0. The monoisotopic (exact) mass is 381 g/mol. The Balaban J connectivity index is 1.50. The van der Waals surface area contributed by atoms with Gasteiger partial charge in [-0.15, -0.1) is 0 Å². The predicted octanol–water partition coefficient (Wildman–Crippen LogP) is 3.64. The van der Waals surface area contributed by atoms with Crippen LogP contribution in [0.25, 0.3) is 10.8 Å². The number of non-ortho nitro benzene ring substituents is 1. The van der Waals surface area contributed by atoms with Crippen molar-refractivity contribution in [3.05, 3.63) is 76.8 Å². The Morgan fingerprint density at radius 1 is 1.04 bits per heavy atom. The Morgan fingerprint density at radius 2 is 1.74 bits per heavy atom. The number of nitro benzene ring substituents is 1. The van der Waals surface area contributed by atoms with Crippen molar-refractivity contribution in [3.63, 3.8) is 0 Å². The molecule has 0 saturated heterocycles. The topological polar surface area (TPSA) is 93.5 Å². The molecule has 8 heteroatoms.